The third kappa shape index (κ3) is 6.13. The number of hydrogen-bond donors (Lipinski definition) is 2. The number of rotatable bonds is 10. The molecule has 20 heavy (non-hydrogen) atoms. The molecule has 0 unspecified atom stereocenters. The smallest absolute Gasteiger partial charge is 0.241 e. The van der Waals surface area contributed by atoms with Gasteiger partial charge in [-0.2, -0.15) is 11.8 Å². The zero-order chi connectivity index (χ0) is 15.0. The monoisotopic (exact) mass is 336 g/mol. The first-order chi connectivity index (χ1) is 9.47. The summed E-state index contributed by atoms with van der Waals surface area (Å²) in [5, 5.41) is 5.09. The molecule has 0 aromatic carbocycles. The Kier molecular flexibility index (Phi) is 8.13. The lowest BCUT2D eigenvalue weighted by atomic mass is 10.3. The van der Waals surface area contributed by atoms with Gasteiger partial charge in [0.1, 0.15) is 0 Å². The minimum absolute atomic E-state index is 0.340. The molecule has 1 heterocycles. The number of thiophene rings is 1. The lowest BCUT2D eigenvalue weighted by molar-refractivity contribution is 0.569. The first kappa shape index (κ1) is 18.0. The predicted molar refractivity (Wildman–Crippen MR) is 89.1 cm³/mol. The van der Waals surface area contributed by atoms with Gasteiger partial charge in [-0.05, 0) is 36.3 Å². The highest BCUT2D eigenvalue weighted by Gasteiger charge is 2.19. The molecule has 2 N–H and O–H groups in total. The Bertz CT molecular complexity index is 484. The Morgan fingerprint density at radius 3 is 2.75 bits per heavy atom. The summed E-state index contributed by atoms with van der Waals surface area (Å²) >= 11 is 3.27. The molecule has 0 amide bonds. The van der Waals surface area contributed by atoms with Crippen LogP contribution in [0.4, 0.5) is 0 Å². The van der Waals surface area contributed by atoms with E-state index < -0.39 is 10.0 Å². The average Bonchev–Trinajstić information content (AvgIpc) is 2.85. The highest BCUT2D eigenvalue weighted by Crippen LogP contribution is 2.21. The van der Waals surface area contributed by atoms with E-state index in [9.17, 15) is 8.42 Å². The van der Waals surface area contributed by atoms with Crippen LogP contribution in [-0.4, -0.2) is 33.0 Å². The molecular formula is C13H24N2O2S3. The molecule has 0 radical (unpaired) electrons. The SMILES string of the molecule is CSCCCCNS(=O)(=O)c1ccsc1CNC(C)C. The van der Waals surface area contributed by atoms with E-state index in [2.05, 4.69) is 16.3 Å². The normalized spacial score (nSPS) is 12.2. The van der Waals surface area contributed by atoms with Crippen LogP contribution in [0.5, 0.6) is 0 Å². The second kappa shape index (κ2) is 9.04. The van der Waals surface area contributed by atoms with E-state index in [1.54, 1.807) is 17.8 Å². The van der Waals surface area contributed by atoms with E-state index in [1.807, 2.05) is 19.2 Å². The van der Waals surface area contributed by atoms with Crippen molar-refractivity contribution in [2.75, 3.05) is 18.6 Å². The Hall–Kier alpha value is -0.0800. The predicted octanol–water partition coefficient (Wildman–Crippen LogP) is 2.67. The van der Waals surface area contributed by atoms with Gasteiger partial charge in [0.05, 0.1) is 4.90 Å². The van der Waals surface area contributed by atoms with Crippen molar-refractivity contribution < 1.29 is 8.42 Å². The minimum atomic E-state index is -3.37. The van der Waals surface area contributed by atoms with Crippen LogP contribution in [0.15, 0.2) is 16.3 Å². The van der Waals surface area contributed by atoms with Crippen molar-refractivity contribution in [3.8, 4) is 0 Å². The van der Waals surface area contributed by atoms with E-state index in [4.69, 9.17) is 0 Å². The molecule has 0 saturated carbocycles. The molecule has 4 nitrogen and oxygen atoms in total. The highest BCUT2D eigenvalue weighted by molar-refractivity contribution is 7.98. The zero-order valence-electron chi connectivity index (χ0n) is 12.3. The van der Waals surface area contributed by atoms with Crippen LogP contribution in [0.2, 0.25) is 0 Å². The fraction of sp³-hybridized carbons (Fsp3) is 0.692. The lowest BCUT2D eigenvalue weighted by Gasteiger charge is -2.10. The van der Waals surface area contributed by atoms with Crippen molar-refractivity contribution >= 4 is 33.1 Å². The Balaban J connectivity index is 2.56. The fourth-order valence-electron chi connectivity index (χ4n) is 1.65. The van der Waals surface area contributed by atoms with Gasteiger partial charge < -0.3 is 5.32 Å². The van der Waals surface area contributed by atoms with Crippen LogP contribution in [0.3, 0.4) is 0 Å². The quantitative estimate of drug-likeness (QED) is 0.645. The van der Waals surface area contributed by atoms with Crippen LogP contribution < -0.4 is 10.0 Å². The van der Waals surface area contributed by atoms with Crippen LogP contribution in [0, 0.1) is 0 Å². The largest absolute Gasteiger partial charge is 0.310 e. The van der Waals surface area contributed by atoms with Gasteiger partial charge in [0.2, 0.25) is 10.0 Å². The summed E-state index contributed by atoms with van der Waals surface area (Å²) < 4.78 is 27.2. The standard InChI is InChI=1S/C13H24N2O2S3/c1-11(2)14-10-12-13(6-9-19-12)20(16,17)15-7-4-5-8-18-3/h6,9,11,14-15H,4-5,7-8,10H2,1-3H3. The van der Waals surface area contributed by atoms with Crippen molar-refractivity contribution in [3.05, 3.63) is 16.3 Å². The number of sulfonamides is 1. The first-order valence-electron chi connectivity index (χ1n) is 6.75. The fourth-order valence-corrected chi connectivity index (χ4v) is 4.61. The molecule has 7 heteroatoms. The average molecular weight is 337 g/mol. The minimum Gasteiger partial charge on any atom is -0.310 e. The van der Waals surface area contributed by atoms with Gasteiger partial charge in [0, 0.05) is 24.0 Å². The van der Waals surface area contributed by atoms with Crippen LogP contribution in [0.1, 0.15) is 31.6 Å². The summed E-state index contributed by atoms with van der Waals surface area (Å²) in [6, 6.07) is 2.03. The summed E-state index contributed by atoms with van der Waals surface area (Å²) in [7, 11) is -3.37. The summed E-state index contributed by atoms with van der Waals surface area (Å²) in [5.41, 5.74) is 0. The second-order valence-electron chi connectivity index (χ2n) is 4.84. The molecule has 1 rings (SSSR count). The highest BCUT2D eigenvalue weighted by atomic mass is 32.2. The van der Waals surface area contributed by atoms with Gasteiger partial charge in [0.25, 0.3) is 0 Å². The van der Waals surface area contributed by atoms with E-state index in [0.29, 0.717) is 24.0 Å². The van der Waals surface area contributed by atoms with Crippen molar-refractivity contribution in [1.29, 1.82) is 0 Å². The molecule has 0 bridgehead atoms. The van der Waals surface area contributed by atoms with E-state index in [0.717, 1.165) is 23.5 Å². The molecule has 0 atom stereocenters. The van der Waals surface area contributed by atoms with E-state index in [1.165, 1.54) is 11.3 Å². The van der Waals surface area contributed by atoms with Crippen molar-refractivity contribution in [3.63, 3.8) is 0 Å². The summed E-state index contributed by atoms with van der Waals surface area (Å²) in [6.45, 7) is 5.20. The van der Waals surface area contributed by atoms with Gasteiger partial charge in [0.15, 0.2) is 0 Å². The molecule has 0 aliphatic rings. The first-order valence-corrected chi connectivity index (χ1v) is 10.5. The van der Waals surface area contributed by atoms with Crippen molar-refractivity contribution in [2.24, 2.45) is 0 Å². The lowest BCUT2D eigenvalue weighted by Crippen LogP contribution is -2.27. The molecular weight excluding hydrogens is 312 g/mol. The maximum absolute atomic E-state index is 12.3. The number of hydrogen-bond acceptors (Lipinski definition) is 5. The molecule has 1 aromatic heterocycles. The number of unbranched alkanes of at least 4 members (excludes halogenated alkanes) is 1. The molecule has 0 aliphatic carbocycles. The summed E-state index contributed by atoms with van der Waals surface area (Å²) in [6.07, 6.45) is 3.97. The third-order valence-electron chi connectivity index (χ3n) is 2.73. The maximum atomic E-state index is 12.3. The summed E-state index contributed by atoms with van der Waals surface area (Å²) in [4.78, 5) is 1.29. The van der Waals surface area contributed by atoms with Crippen LogP contribution in [-0.2, 0) is 16.6 Å². The molecule has 0 spiro atoms. The molecule has 116 valence electrons. The maximum Gasteiger partial charge on any atom is 0.241 e. The Morgan fingerprint density at radius 2 is 2.10 bits per heavy atom. The van der Waals surface area contributed by atoms with Crippen molar-refractivity contribution in [1.82, 2.24) is 10.0 Å². The molecule has 0 aliphatic heterocycles. The van der Waals surface area contributed by atoms with Gasteiger partial charge in [-0.15, -0.1) is 11.3 Å². The van der Waals surface area contributed by atoms with Gasteiger partial charge >= 0.3 is 0 Å². The molecule has 1 aromatic rings. The van der Waals surface area contributed by atoms with Crippen LogP contribution in [0.25, 0.3) is 0 Å². The Morgan fingerprint density at radius 1 is 1.35 bits per heavy atom. The van der Waals surface area contributed by atoms with E-state index >= 15 is 0 Å². The Labute approximate surface area is 130 Å². The van der Waals surface area contributed by atoms with Crippen molar-refractivity contribution in [2.45, 2.75) is 44.2 Å². The number of thioether (sulfide) groups is 1. The van der Waals surface area contributed by atoms with Gasteiger partial charge in [-0.1, -0.05) is 13.8 Å². The van der Waals surface area contributed by atoms with Crippen LogP contribution >= 0.6 is 23.1 Å². The topological polar surface area (TPSA) is 58.2 Å². The number of nitrogens with one attached hydrogen (secondary N) is 2. The zero-order valence-corrected chi connectivity index (χ0v) is 14.8. The second-order valence-corrected chi connectivity index (χ2v) is 8.56. The third-order valence-corrected chi connectivity index (χ3v) is 6.02. The van der Waals surface area contributed by atoms with Gasteiger partial charge in [-0.25, -0.2) is 13.1 Å². The van der Waals surface area contributed by atoms with E-state index in [-0.39, 0.29) is 0 Å². The molecule has 0 saturated heterocycles. The summed E-state index contributed by atoms with van der Waals surface area (Å²) in [5.74, 6) is 1.07. The van der Waals surface area contributed by atoms with Gasteiger partial charge in [-0.3, -0.25) is 0 Å². The molecule has 0 fully saturated rings.